The molecular formula is C14H7Br2NO2. The fourth-order valence-corrected chi connectivity index (χ4v) is 2.69. The first-order valence-electron chi connectivity index (χ1n) is 5.52. The van der Waals surface area contributed by atoms with E-state index >= 15 is 0 Å². The summed E-state index contributed by atoms with van der Waals surface area (Å²) in [6.45, 7) is 0. The second-order valence-corrected chi connectivity index (χ2v) is 5.97. The largest absolute Gasteiger partial charge is 0.618 e. The van der Waals surface area contributed by atoms with Gasteiger partial charge >= 0.3 is 0 Å². The van der Waals surface area contributed by atoms with Crippen molar-refractivity contribution in [1.29, 1.82) is 0 Å². The second-order valence-electron chi connectivity index (χ2n) is 4.14. The van der Waals surface area contributed by atoms with E-state index in [9.17, 15) is 10.0 Å². The number of carbonyl (C=O) groups excluding carboxylic acids is 1. The van der Waals surface area contributed by atoms with Gasteiger partial charge in [-0.1, -0.05) is 31.9 Å². The number of halogens is 2. The third-order valence-corrected chi connectivity index (χ3v) is 3.98. The highest BCUT2D eigenvalue weighted by atomic mass is 79.9. The van der Waals surface area contributed by atoms with Crippen molar-refractivity contribution in [3.63, 3.8) is 0 Å². The maximum absolute atomic E-state index is 12.3. The van der Waals surface area contributed by atoms with Gasteiger partial charge in [0.15, 0.2) is 0 Å². The van der Waals surface area contributed by atoms with Crippen LogP contribution in [-0.2, 0) is 0 Å². The first-order valence-corrected chi connectivity index (χ1v) is 7.11. The van der Waals surface area contributed by atoms with Crippen LogP contribution >= 0.6 is 31.9 Å². The predicted molar refractivity (Wildman–Crippen MR) is 80.0 cm³/mol. The number of Topliss-reactive ketones (excluding diaryl/α,β-unsaturated/α-hetero) is 1. The summed E-state index contributed by atoms with van der Waals surface area (Å²) in [7, 11) is 0. The highest BCUT2D eigenvalue weighted by Gasteiger charge is 2.36. The van der Waals surface area contributed by atoms with E-state index in [4.69, 9.17) is 0 Å². The molecule has 0 aliphatic carbocycles. The molecule has 0 saturated heterocycles. The zero-order valence-electron chi connectivity index (χ0n) is 9.56. The molecule has 0 fully saturated rings. The van der Waals surface area contributed by atoms with Crippen molar-refractivity contribution in [2.45, 2.75) is 0 Å². The molecule has 0 N–H and O–H groups in total. The summed E-state index contributed by atoms with van der Waals surface area (Å²) in [6.07, 6.45) is 0. The zero-order chi connectivity index (χ0) is 13.6. The number of hydrogen-bond donors (Lipinski definition) is 0. The molecule has 5 heteroatoms. The molecule has 19 heavy (non-hydrogen) atoms. The number of hydrogen-bond acceptors (Lipinski definition) is 2. The molecule has 0 aromatic heterocycles. The topological polar surface area (TPSA) is 43.1 Å². The number of ketones is 1. The molecular weight excluding hydrogens is 374 g/mol. The third-order valence-electron chi connectivity index (χ3n) is 2.96. The van der Waals surface area contributed by atoms with Crippen LogP contribution in [0, 0.1) is 5.21 Å². The Kier molecular flexibility index (Phi) is 3.03. The van der Waals surface area contributed by atoms with Gasteiger partial charge in [0.1, 0.15) is 5.56 Å². The van der Waals surface area contributed by atoms with Crippen LogP contribution in [0.3, 0.4) is 0 Å². The van der Waals surface area contributed by atoms with Crippen molar-refractivity contribution in [3.8, 4) is 0 Å². The lowest BCUT2D eigenvalue weighted by Crippen LogP contribution is -2.16. The Bertz CT molecular complexity index is 721. The van der Waals surface area contributed by atoms with E-state index in [1.165, 1.54) is 0 Å². The van der Waals surface area contributed by atoms with Gasteiger partial charge in [-0.3, -0.25) is 4.79 Å². The van der Waals surface area contributed by atoms with Gasteiger partial charge in [-0.2, -0.15) is 4.74 Å². The van der Waals surface area contributed by atoms with Crippen molar-refractivity contribution in [1.82, 2.24) is 0 Å². The van der Waals surface area contributed by atoms with Gasteiger partial charge in [-0.05, 0) is 36.4 Å². The average Bonchev–Trinajstić information content (AvgIpc) is 2.63. The third kappa shape index (κ3) is 2.03. The lowest BCUT2D eigenvalue weighted by atomic mass is 10.0. The summed E-state index contributed by atoms with van der Waals surface area (Å²) in [4.78, 5) is 12.3. The Hall–Kier alpha value is -1.46. The van der Waals surface area contributed by atoms with Crippen LogP contribution in [0.2, 0.25) is 0 Å². The molecule has 0 saturated carbocycles. The zero-order valence-corrected chi connectivity index (χ0v) is 12.7. The van der Waals surface area contributed by atoms with Gasteiger partial charge in [0, 0.05) is 15.0 Å². The van der Waals surface area contributed by atoms with Gasteiger partial charge in [0.2, 0.25) is 5.69 Å². The van der Waals surface area contributed by atoms with Crippen LogP contribution < -0.4 is 0 Å². The van der Waals surface area contributed by atoms with Gasteiger partial charge in [-0.25, -0.2) is 0 Å². The summed E-state index contributed by atoms with van der Waals surface area (Å²) >= 11 is 6.64. The van der Waals surface area contributed by atoms with Gasteiger partial charge in [-0.15, -0.1) is 0 Å². The number of carbonyl (C=O) groups is 1. The van der Waals surface area contributed by atoms with Gasteiger partial charge < -0.3 is 5.21 Å². The molecule has 1 heterocycles. The smallest absolute Gasteiger partial charge is 0.272 e. The minimum atomic E-state index is -0.242. The summed E-state index contributed by atoms with van der Waals surface area (Å²) in [5.41, 5.74) is 1.62. The molecule has 0 amide bonds. The predicted octanol–water partition coefficient (Wildman–Crippen LogP) is 4.04. The molecule has 0 atom stereocenters. The Morgan fingerprint density at radius 2 is 1.58 bits per heavy atom. The number of benzene rings is 2. The van der Waals surface area contributed by atoms with Crippen molar-refractivity contribution in [3.05, 3.63) is 67.7 Å². The lowest BCUT2D eigenvalue weighted by Gasteiger charge is -2.02. The Morgan fingerprint density at radius 3 is 2.26 bits per heavy atom. The van der Waals surface area contributed by atoms with E-state index in [2.05, 4.69) is 31.9 Å². The molecule has 1 aliphatic heterocycles. The van der Waals surface area contributed by atoms with Crippen LogP contribution in [0.15, 0.2) is 51.4 Å². The molecule has 0 spiro atoms. The maximum Gasteiger partial charge on any atom is 0.272 e. The Labute approximate surface area is 126 Å². The van der Waals surface area contributed by atoms with E-state index in [0.29, 0.717) is 21.6 Å². The first kappa shape index (κ1) is 12.6. The average molecular weight is 381 g/mol. The highest BCUT2D eigenvalue weighted by molar-refractivity contribution is 9.10. The fraction of sp³-hybridized carbons (Fsp3) is 0. The van der Waals surface area contributed by atoms with Crippen LogP contribution in [0.4, 0.5) is 5.69 Å². The minimum absolute atomic E-state index is 0.167. The van der Waals surface area contributed by atoms with Crippen molar-refractivity contribution >= 4 is 49.0 Å². The molecule has 0 radical (unpaired) electrons. The molecule has 0 bridgehead atoms. The summed E-state index contributed by atoms with van der Waals surface area (Å²) < 4.78 is 2.39. The van der Waals surface area contributed by atoms with Crippen molar-refractivity contribution in [2.75, 3.05) is 0 Å². The van der Waals surface area contributed by atoms with Gasteiger partial charge in [0.25, 0.3) is 11.5 Å². The molecule has 3 rings (SSSR count). The second kappa shape index (κ2) is 4.58. The normalized spacial score (nSPS) is 13.9. The number of nitrogens with zero attached hydrogens (tertiary/aromatic N) is 1. The maximum atomic E-state index is 12.3. The first-order chi connectivity index (χ1) is 9.08. The summed E-state index contributed by atoms with van der Waals surface area (Å²) in [5, 5.41) is 12.2. The lowest BCUT2D eigenvalue weighted by molar-refractivity contribution is -0.355. The SMILES string of the molecule is O=C1C(c2ccc(Br)cc2)=[N+]([O-])c2ccc(Br)cc21. The molecule has 1 aliphatic rings. The van der Waals surface area contributed by atoms with E-state index in [1.807, 2.05) is 12.1 Å². The number of rotatable bonds is 1. The standard InChI is InChI=1S/C14H7Br2NO2/c15-9-3-1-8(2-4-9)13-14(18)11-7-10(16)5-6-12(11)17(13)19/h1-7H. The summed E-state index contributed by atoms with van der Waals surface area (Å²) in [5.74, 6) is -0.242. The van der Waals surface area contributed by atoms with E-state index < -0.39 is 0 Å². The number of fused-ring (bicyclic) bond motifs is 1. The minimum Gasteiger partial charge on any atom is -0.618 e. The molecule has 3 nitrogen and oxygen atoms in total. The highest BCUT2D eigenvalue weighted by Crippen LogP contribution is 2.30. The van der Waals surface area contributed by atoms with Crippen LogP contribution in [-0.4, -0.2) is 16.2 Å². The Balaban J connectivity index is 2.17. The summed E-state index contributed by atoms with van der Waals surface area (Å²) in [6, 6.07) is 12.2. The fourth-order valence-electron chi connectivity index (χ4n) is 2.06. The van der Waals surface area contributed by atoms with Crippen molar-refractivity contribution < 1.29 is 9.53 Å². The van der Waals surface area contributed by atoms with Crippen LogP contribution in [0.25, 0.3) is 0 Å². The molecule has 94 valence electrons. The molecule has 0 unspecified atom stereocenters. The van der Waals surface area contributed by atoms with Crippen molar-refractivity contribution in [2.24, 2.45) is 0 Å². The van der Waals surface area contributed by atoms with E-state index in [0.717, 1.165) is 8.95 Å². The monoisotopic (exact) mass is 379 g/mol. The van der Waals surface area contributed by atoms with Gasteiger partial charge in [0.05, 0.1) is 5.56 Å². The van der Waals surface area contributed by atoms with Crippen LogP contribution in [0.5, 0.6) is 0 Å². The quantitative estimate of drug-likeness (QED) is 0.553. The molecule has 2 aromatic rings. The van der Waals surface area contributed by atoms with Crippen LogP contribution in [0.1, 0.15) is 15.9 Å². The molecule has 2 aromatic carbocycles. The van der Waals surface area contributed by atoms with E-state index in [-0.39, 0.29) is 11.5 Å². The Morgan fingerprint density at radius 1 is 0.947 bits per heavy atom. The van der Waals surface area contributed by atoms with E-state index in [1.54, 1.807) is 30.3 Å².